The number of nitrogens with one attached hydrogen (secondary N) is 1. The van der Waals surface area contributed by atoms with Crippen LogP contribution in [0.15, 0.2) is 18.2 Å². The Morgan fingerprint density at radius 3 is 2.60 bits per heavy atom. The number of carboxylic acid groups (broad SMARTS) is 1. The second-order valence-corrected chi connectivity index (χ2v) is 5.20. The molecule has 0 saturated carbocycles. The third kappa shape index (κ3) is 5.93. The van der Waals surface area contributed by atoms with Crippen LogP contribution in [0.1, 0.15) is 26.7 Å². The van der Waals surface area contributed by atoms with Gasteiger partial charge in [0.1, 0.15) is 5.75 Å². The molecule has 0 aliphatic rings. The first-order valence-corrected chi connectivity index (χ1v) is 6.70. The van der Waals surface area contributed by atoms with Crippen LogP contribution in [0.25, 0.3) is 0 Å². The minimum atomic E-state index is -1.00. The lowest BCUT2D eigenvalue weighted by atomic mass is 10.2. The number of rotatable bonds is 7. The Balaban J connectivity index is 2.58. The minimum Gasteiger partial charge on any atom is -0.492 e. The molecule has 0 saturated heterocycles. The molecule has 0 aliphatic heterocycles. The number of anilines is 1. The molecule has 6 heteroatoms. The van der Waals surface area contributed by atoms with Gasteiger partial charge in [-0.05, 0) is 24.1 Å². The molecular formula is C14H18ClNO4. The second-order valence-electron chi connectivity index (χ2n) is 4.79. The van der Waals surface area contributed by atoms with E-state index >= 15 is 0 Å². The van der Waals surface area contributed by atoms with Crippen molar-refractivity contribution in [3.8, 4) is 5.75 Å². The van der Waals surface area contributed by atoms with Gasteiger partial charge < -0.3 is 15.2 Å². The van der Waals surface area contributed by atoms with Gasteiger partial charge in [-0.2, -0.15) is 0 Å². The highest BCUT2D eigenvalue weighted by atomic mass is 35.5. The zero-order chi connectivity index (χ0) is 15.1. The Labute approximate surface area is 122 Å². The largest absolute Gasteiger partial charge is 0.492 e. The molecule has 0 bridgehead atoms. The van der Waals surface area contributed by atoms with E-state index in [-0.39, 0.29) is 18.7 Å². The zero-order valence-electron chi connectivity index (χ0n) is 11.5. The Bertz CT molecular complexity index is 488. The third-order valence-electron chi connectivity index (χ3n) is 2.35. The molecule has 0 aliphatic carbocycles. The molecule has 1 aromatic carbocycles. The molecule has 1 rings (SSSR count). The van der Waals surface area contributed by atoms with Crippen molar-refractivity contribution >= 4 is 29.2 Å². The number of aliphatic carboxylic acids is 1. The fraction of sp³-hybridized carbons (Fsp3) is 0.429. The summed E-state index contributed by atoms with van der Waals surface area (Å²) in [5, 5.41) is 11.5. The van der Waals surface area contributed by atoms with Gasteiger partial charge in [0.25, 0.3) is 0 Å². The molecule has 0 fully saturated rings. The molecule has 0 heterocycles. The van der Waals surface area contributed by atoms with Crippen LogP contribution >= 0.6 is 11.6 Å². The van der Waals surface area contributed by atoms with E-state index in [9.17, 15) is 9.59 Å². The van der Waals surface area contributed by atoms with E-state index in [4.69, 9.17) is 21.4 Å². The predicted molar refractivity (Wildman–Crippen MR) is 77.3 cm³/mol. The van der Waals surface area contributed by atoms with Crippen molar-refractivity contribution in [3.63, 3.8) is 0 Å². The molecule has 0 aromatic heterocycles. The maximum absolute atomic E-state index is 11.5. The van der Waals surface area contributed by atoms with Crippen LogP contribution < -0.4 is 10.1 Å². The lowest BCUT2D eigenvalue weighted by Crippen LogP contribution is -2.13. The summed E-state index contributed by atoms with van der Waals surface area (Å²) in [5.41, 5.74) is 0.516. The number of benzene rings is 1. The van der Waals surface area contributed by atoms with Crippen LogP contribution in [-0.2, 0) is 9.59 Å². The Morgan fingerprint density at radius 2 is 2.05 bits per heavy atom. The number of carboxylic acids is 1. The average Bonchev–Trinajstić information content (AvgIpc) is 2.35. The van der Waals surface area contributed by atoms with E-state index < -0.39 is 5.97 Å². The van der Waals surface area contributed by atoms with Crippen molar-refractivity contribution in [1.82, 2.24) is 0 Å². The van der Waals surface area contributed by atoms with E-state index in [1.807, 2.05) is 13.8 Å². The van der Waals surface area contributed by atoms with Crippen molar-refractivity contribution in [1.29, 1.82) is 0 Å². The van der Waals surface area contributed by atoms with E-state index in [1.165, 1.54) is 0 Å². The summed E-state index contributed by atoms with van der Waals surface area (Å²) < 4.78 is 5.51. The molecule has 1 amide bonds. The number of hydrogen-bond donors (Lipinski definition) is 2. The number of halogens is 1. The normalized spacial score (nSPS) is 10.4. The van der Waals surface area contributed by atoms with Crippen molar-refractivity contribution in [3.05, 3.63) is 23.2 Å². The molecule has 1 aromatic rings. The summed E-state index contributed by atoms with van der Waals surface area (Å²) in [6, 6.07) is 4.92. The zero-order valence-corrected chi connectivity index (χ0v) is 12.2. The van der Waals surface area contributed by atoms with Gasteiger partial charge >= 0.3 is 5.97 Å². The number of carbonyl (C=O) groups is 2. The molecule has 2 N–H and O–H groups in total. The molecule has 20 heavy (non-hydrogen) atoms. The van der Waals surface area contributed by atoms with Gasteiger partial charge in [0, 0.05) is 12.1 Å². The Hall–Kier alpha value is -1.75. The molecule has 110 valence electrons. The van der Waals surface area contributed by atoms with Crippen molar-refractivity contribution < 1.29 is 19.4 Å². The average molecular weight is 300 g/mol. The van der Waals surface area contributed by atoms with Crippen LogP contribution in [0.5, 0.6) is 5.75 Å². The van der Waals surface area contributed by atoms with Crippen LogP contribution in [0, 0.1) is 5.92 Å². The highest BCUT2D eigenvalue weighted by Gasteiger charge is 2.08. The van der Waals surface area contributed by atoms with Gasteiger partial charge in [0.15, 0.2) is 0 Å². The van der Waals surface area contributed by atoms with Crippen LogP contribution in [-0.4, -0.2) is 23.6 Å². The second kappa shape index (κ2) is 7.75. The van der Waals surface area contributed by atoms with Crippen LogP contribution in [0.4, 0.5) is 5.69 Å². The summed E-state index contributed by atoms with van der Waals surface area (Å²) in [6.07, 6.45) is -0.270. The van der Waals surface area contributed by atoms with Gasteiger partial charge in [-0.15, -0.1) is 0 Å². The molecule has 5 nitrogen and oxygen atoms in total. The maximum atomic E-state index is 11.5. The summed E-state index contributed by atoms with van der Waals surface area (Å²) in [7, 11) is 0. The summed E-state index contributed by atoms with van der Waals surface area (Å²) in [6.45, 7) is 4.62. The third-order valence-corrected chi connectivity index (χ3v) is 2.65. The molecular weight excluding hydrogens is 282 g/mol. The number of ether oxygens (including phenoxy) is 1. The van der Waals surface area contributed by atoms with Gasteiger partial charge in [-0.1, -0.05) is 25.4 Å². The topological polar surface area (TPSA) is 75.6 Å². The predicted octanol–water partition coefficient (Wildman–Crippen LogP) is 3.18. The number of hydrogen-bond acceptors (Lipinski definition) is 3. The minimum absolute atomic E-state index is 0.0709. The fourth-order valence-electron chi connectivity index (χ4n) is 1.40. The van der Waals surface area contributed by atoms with E-state index in [1.54, 1.807) is 18.2 Å². The van der Waals surface area contributed by atoms with E-state index in [0.29, 0.717) is 29.0 Å². The maximum Gasteiger partial charge on any atom is 0.303 e. The summed E-state index contributed by atoms with van der Waals surface area (Å²) >= 11 is 6.05. The smallest absolute Gasteiger partial charge is 0.303 e. The van der Waals surface area contributed by atoms with Gasteiger partial charge in [-0.3, -0.25) is 9.59 Å². The molecule has 0 unspecified atom stereocenters. The first-order chi connectivity index (χ1) is 9.38. The Kier molecular flexibility index (Phi) is 6.31. The fourth-order valence-corrected chi connectivity index (χ4v) is 1.63. The van der Waals surface area contributed by atoms with Gasteiger partial charge in [0.2, 0.25) is 5.91 Å². The summed E-state index contributed by atoms with van der Waals surface area (Å²) in [4.78, 5) is 21.8. The van der Waals surface area contributed by atoms with Crippen LogP contribution in [0.2, 0.25) is 5.02 Å². The number of amides is 1. The lowest BCUT2D eigenvalue weighted by Gasteiger charge is -2.11. The Morgan fingerprint density at radius 1 is 1.35 bits per heavy atom. The van der Waals surface area contributed by atoms with Gasteiger partial charge in [0.05, 0.1) is 18.1 Å². The monoisotopic (exact) mass is 299 g/mol. The molecule has 0 atom stereocenters. The van der Waals surface area contributed by atoms with Crippen molar-refractivity contribution in [2.75, 3.05) is 11.9 Å². The van der Waals surface area contributed by atoms with E-state index in [2.05, 4.69) is 5.32 Å². The lowest BCUT2D eigenvalue weighted by molar-refractivity contribution is -0.138. The highest BCUT2D eigenvalue weighted by Crippen LogP contribution is 2.28. The standard InChI is InChI=1S/C14H18ClNO4/c1-9(2)8-20-12-4-3-10(7-11(12)15)16-13(17)5-6-14(18)19/h3-4,7,9H,5-6,8H2,1-2H3,(H,16,17)(H,18,19). The SMILES string of the molecule is CC(C)COc1ccc(NC(=O)CCC(=O)O)cc1Cl. The highest BCUT2D eigenvalue weighted by molar-refractivity contribution is 6.32. The van der Waals surface area contributed by atoms with Crippen molar-refractivity contribution in [2.24, 2.45) is 5.92 Å². The van der Waals surface area contributed by atoms with Crippen molar-refractivity contribution in [2.45, 2.75) is 26.7 Å². The van der Waals surface area contributed by atoms with E-state index in [0.717, 1.165) is 0 Å². The first kappa shape index (κ1) is 16.3. The first-order valence-electron chi connectivity index (χ1n) is 6.32. The summed E-state index contributed by atoms with van der Waals surface area (Å²) in [5.74, 6) is -0.416. The molecule has 0 radical (unpaired) electrons. The number of carbonyl (C=O) groups excluding carboxylic acids is 1. The van der Waals surface area contributed by atoms with Crippen LogP contribution in [0.3, 0.4) is 0 Å². The van der Waals surface area contributed by atoms with Gasteiger partial charge in [-0.25, -0.2) is 0 Å². The quantitative estimate of drug-likeness (QED) is 0.811. The molecule has 0 spiro atoms.